The van der Waals surface area contributed by atoms with E-state index in [9.17, 15) is 5.11 Å². The Bertz CT molecular complexity index is 983. The van der Waals surface area contributed by atoms with E-state index in [1.54, 1.807) is 12.4 Å². The SMILES string of the molecule is Oc1c(Cl)cc(Cl)c2ccc(C=Cc3cnc(N4CCCC4)nc3)nc12. The second-order valence-corrected chi connectivity index (χ2v) is 6.98. The van der Waals surface area contributed by atoms with Gasteiger partial charge in [0.25, 0.3) is 0 Å². The van der Waals surface area contributed by atoms with E-state index in [0.29, 0.717) is 21.6 Å². The molecule has 26 heavy (non-hydrogen) atoms. The van der Waals surface area contributed by atoms with Gasteiger partial charge in [-0.3, -0.25) is 0 Å². The second-order valence-electron chi connectivity index (χ2n) is 6.16. The van der Waals surface area contributed by atoms with Gasteiger partial charge in [0.05, 0.1) is 15.7 Å². The van der Waals surface area contributed by atoms with Crippen molar-refractivity contribution in [2.24, 2.45) is 0 Å². The number of halogens is 2. The first kappa shape index (κ1) is 17.1. The normalized spacial score (nSPS) is 14.6. The maximum atomic E-state index is 10.1. The number of hydrogen-bond acceptors (Lipinski definition) is 5. The summed E-state index contributed by atoms with van der Waals surface area (Å²) in [5.74, 6) is 0.706. The highest BCUT2D eigenvalue weighted by Crippen LogP contribution is 2.36. The third kappa shape index (κ3) is 3.32. The molecule has 1 saturated heterocycles. The molecule has 1 aliphatic heterocycles. The molecule has 132 valence electrons. The molecule has 2 aromatic heterocycles. The number of hydrogen-bond donors (Lipinski definition) is 1. The van der Waals surface area contributed by atoms with Gasteiger partial charge in [-0.2, -0.15) is 0 Å². The van der Waals surface area contributed by atoms with Gasteiger partial charge in [-0.15, -0.1) is 0 Å². The zero-order valence-corrected chi connectivity index (χ0v) is 15.4. The van der Waals surface area contributed by atoms with Gasteiger partial charge in [-0.1, -0.05) is 23.2 Å². The monoisotopic (exact) mass is 386 g/mol. The molecule has 0 spiro atoms. The topological polar surface area (TPSA) is 62.1 Å². The van der Waals surface area contributed by atoms with Crippen LogP contribution in [-0.4, -0.2) is 33.1 Å². The minimum Gasteiger partial charge on any atom is -0.504 e. The number of nitrogens with zero attached hydrogens (tertiary/aromatic N) is 4. The first-order chi connectivity index (χ1) is 12.6. The van der Waals surface area contributed by atoms with Gasteiger partial charge in [0.1, 0.15) is 5.52 Å². The molecular formula is C19H16Cl2N4O. The van der Waals surface area contributed by atoms with Gasteiger partial charge in [-0.25, -0.2) is 15.0 Å². The number of pyridine rings is 1. The van der Waals surface area contributed by atoms with Gasteiger partial charge < -0.3 is 10.0 Å². The molecule has 1 aliphatic rings. The molecule has 7 heteroatoms. The van der Waals surface area contributed by atoms with Crippen LogP contribution in [0, 0.1) is 0 Å². The summed E-state index contributed by atoms with van der Waals surface area (Å²) in [7, 11) is 0. The Kier molecular flexibility index (Phi) is 4.66. The smallest absolute Gasteiger partial charge is 0.225 e. The van der Waals surface area contributed by atoms with Crippen molar-refractivity contribution in [1.82, 2.24) is 15.0 Å². The van der Waals surface area contributed by atoms with Crippen molar-refractivity contribution in [2.45, 2.75) is 12.8 Å². The number of anilines is 1. The average molecular weight is 387 g/mol. The largest absolute Gasteiger partial charge is 0.504 e. The molecule has 1 fully saturated rings. The van der Waals surface area contributed by atoms with Crippen LogP contribution in [0.1, 0.15) is 24.1 Å². The Labute approximate surface area is 160 Å². The van der Waals surface area contributed by atoms with Crippen LogP contribution in [0.4, 0.5) is 5.95 Å². The molecule has 0 unspecified atom stereocenters. The Morgan fingerprint density at radius 3 is 2.46 bits per heavy atom. The van der Waals surface area contributed by atoms with Crippen molar-refractivity contribution in [2.75, 3.05) is 18.0 Å². The molecule has 3 heterocycles. The lowest BCUT2D eigenvalue weighted by Gasteiger charge is -2.14. The lowest BCUT2D eigenvalue weighted by Crippen LogP contribution is -2.20. The highest BCUT2D eigenvalue weighted by atomic mass is 35.5. The van der Waals surface area contributed by atoms with Crippen LogP contribution in [0.2, 0.25) is 10.0 Å². The number of aromatic hydroxyl groups is 1. The fraction of sp³-hybridized carbons (Fsp3) is 0.211. The predicted octanol–water partition coefficient (Wildman–Crippen LogP) is 4.81. The van der Waals surface area contributed by atoms with Crippen LogP contribution < -0.4 is 4.90 Å². The molecule has 1 aromatic carbocycles. The van der Waals surface area contributed by atoms with Crippen LogP contribution in [0.3, 0.4) is 0 Å². The van der Waals surface area contributed by atoms with Gasteiger partial charge in [0.15, 0.2) is 5.75 Å². The van der Waals surface area contributed by atoms with Crippen molar-refractivity contribution in [1.29, 1.82) is 0 Å². The Hall–Kier alpha value is -2.37. The first-order valence-electron chi connectivity index (χ1n) is 8.34. The summed E-state index contributed by atoms with van der Waals surface area (Å²) in [5, 5.41) is 11.4. The summed E-state index contributed by atoms with van der Waals surface area (Å²) in [5.41, 5.74) is 1.93. The number of phenolic OH excluding ortho intramolecular Hbond substituents is 1. The van der Waals surface area contributed by atoms with Crippen LogP contribution in [0.25, 0.3) is 23.1 Å². The lowest BCUT2D eigenvalue weighted by atomic mass is 10.1. The summed E-state index contributed by atoms with van der Waals surface area (Å²) in [6, 6.07) is 5.15. The van der Waals surface area contributed by atoms with E-state index in [-0.39, 0.29) is 10.8 Å². The van der Waals surface area contributed by atoms with E-state index in [4.69, 9.17) is 23.2 Å². The average Bonchev–Trinajstić information content (AvgIpc) is 3.19. The van der Waals surface area contributed by atoms with Crippen LogP contribution in [0.15, 0.2) is 30.6 Å². The zero-order valence-electron chi connectivity index (χ0n) is 13.9. The van der Waals surface area contributed by atoms with Crippen LogP contribution >= 0.6 is 23.2 Å². The second kappa shape index (κ2) is 7.09. The van der Waals surface area contributed by atoms with Gasteiger partial charge >= 0.3 is 0 Å². The van der Waals surface area contributed by atoms with E-state index in [1.165, 1.54) is 18.9 Å². The van der Waals surface area contributed by atoms with Crippen molar-refractivity contribution in [3.05, 3.63) is 51.9 Å². The molecule has 3 aromatic rings. The summed E-state index contributed by atoms with van der Waals surface area (Å²) in [6.45, 7) is 2.04. The first-order valence-corrected chi connectivity index (χ1v) is 9.10. The minimum atomic E-state index is -0.0698. The molecule has 4 rings (SSSR count). The Balaban J connectivity index is 1.59. The van der Waals surface area contributed by atoms with Crippen molar-refractivity contribution in [3.63, 3.8) is 0 Å². The van der Waals surface area contributed by atoms with E-state index in [2.05, 4.69) is 19.9 Å². The van der Waals surface area contributed by atoms with Crippen molar-refractivity contribution in [3.8, 4) is 5.75 Å². The maximum absolute atomic E-state index is 10.1. The van der Waals surface area contributed by atoms with Gasteiger partial charge in [0.2, 0.25) is 5.95 Å². The van der Waals surface area contributed by atoms with E-state index in [1.807, 2.05) is 24.3 Å². The van der Waals surface area contributed by atoms with Crippen LogP contribution in [0.5, 0.6) is 5.75 Å². The molecule has 5 nitrogen and oxygen atoms in total. The number of fused-ring (bicyclic) bond motifs is 1. The van der Waals surface area contributed by atoms with Gasteiger partial charge in [0, 0.05) is 36.4 Å². The minimum absolute atomic E-state index is 0.0698. The molecule has 0 bridgehead atoms. The highest BCUT2D eigenvalue weighted by Gasteiger charge is 2.14. The third-order valence-electron chi connectivity index (χ3n) is 4.37. The lowest BCUT2D eigenvalue weighted by molar-refractivity contribution is 0.480. The fourth-order valence-corrected chi connectivity index (χ4v) is 3.51. The maximum Gasteiger partial charge on any atom is 0.225 e. The molecule has 0 radical (unpaired) electrons. The molecule has 0 amide bonds. The number of rotatable bonds is 3. The number of benzene rings is 1. The number of aromatic nitrogens is 3. The summed E-state index contributed by atoms with van der Waals surface area (Å²) in [6.07, 6.45) is 9.69. The molecular weight excluding hydrogens is 371 g/mol. The van der Waals surface area contributed by atoms with Crippen LogP contribution in [-0.2, 0) is 0 Å². The Morgan fingerprint density at radius 2 is 1.73 bits per heavy atom. The molecule has 0 atom stereocenters. The quantitative estimate of drug-likeness (QED) is 0.699. The predicted molar refractivity (Wildman–Crippen MR) is 106 cm³/mol. The Morgan fingerprint density at radius 1 is 1.00 bits per heavy atom. The summed E-state index contributed by atoms with van der Waals surface area (Å²) >= 11 is 12.1. The summed E-state index contributed by atoms with van der Waals surface area (Å²) in [4.78, 5) is 15.5. The zero-order chi connectivity index (χ0) is 18.1. The van der Waals surface area contributed by atoms with E-state index >= 15 is 0 Å². The van der Waals surface area contributed by atoms with Gasteiger partial charge in [-0.05, 0) is 43.2 Å². The molecule has 0 aliphatic carbocycles. The third-order valence-corrected chi connectivity index (χ3v) is 4.97. The van der Waals surface area contributed by atoms with E-state index in [0.717, 1.165) is 24.6 Å². The fourth-order valence-electron chi connectivity index (χ4n) is 2.99. The molecule has 0 saturated carbocycles. The molecule has 1 N–H and O–H groups in total. The van der Waals surface area contributed by atoms with Crippen molar-refractivity contribution < 1.29 is 5.11 Å². The number of phenols is 1. The highest BCUT2D eigenvalue weighted by molar-refractivity contribution is 6.39. The van der Waals surface area contributed by atoms with E-state index < -0.39 is 0 Å². The summed E-state index contributed by atoms with van der Waals surface area (Å²) < 4.78 is 0. The van der Waals surface area contributed by atoms with Crippen molar-refractivity contribution >= 4 is 52.2 Å². The standard InChI is InChI=1S/C19H16Cl2N4O/c20-15-9-16(21)18(26)17-14(15)6-5-13(24-17)4-3-12-10-22-19(23-11-12)25-7-1-2-8-25/h3-6,9-11,26H,1-2,7-8H2.